The summed E-state index contributed by atoms with van der Waals surface area (Å²) in [6.45, 7) is 4.15. The number of thiazole rings is 1. The zero-order valence-electron chi connectivity index (χ0n) is 22.9. The Bertz CT molecular complexity index is 1810. The first kappa shape index (κ1) is 28.4. The van der Waals surface area contributed by atoms with Crippen molar-refractivity contribution >= 4 is 44.9 Å². The van der Waals surface area contributed by atoms with Crippen LogP contribution in [0.15, 0.2) is 92.3 Å². The van der Waals surface area contributed by atoms with Gasteiger partial charge in [-0.15, -0.1) is 0 Å². The number of amides is 1. The number of carbonyl (C=O) groups excluding carboxylic acids is 1. The van der Waals surface area contributed by atoms with Crippen molar-refractivity contribution in [3.8, 4) is 17.2 Å². The van der Waals surface area contributed by atoms with Crippen LogP contribution in [0.2, 0.25) is 0 Å². The number of aromatic nitrogens is 1. The van der Waals surface area contributed by atoms with Gasteiger partial charge in [0.1, 0.15) is 5.75 Å². The SMILES string of the molecule is CCOc1cc(/C=c2/sc3n(c2=O)[C@@H](c2ccc(OC)cc2)C(C(=O)Nc2ccccc2)=C(C)N=3)cc(Br)c1OC. The molecule has 0 fully saturated rings. The summed E-state index contributed by atoms with van der Waals surface area (Å²) in [7, 11) is 3.17. The zero-order chi connectivity index (χ0) is 29.1. The lowest BCUT2D eigenvalue weighted by atomic mass is 9.95. The standard InChI is InChI=1S/C31H28BrN3O5S/c1-5-40-24-16-19(15-23(32)28(24)39-4)17-25-30(37)35-27(20-11-13-22(38-3)14-12-20)26(18(2)33-31(35)41-25)29(36)34-21-9-7-6-8-10-21/h6-17,27H,5H2,1-4H3,(H,34,36)/b25-17+/t27-/m0/s1. The minimum Gasteiger partial charge on any atom is -0.497 e. The lowest BCUT2D eigenvalue weighted by Gasteiger charge is -2.25. The van der Waals surface area contributed by atoms with E-state index in [0.717, 1.165) is 11.1 Å². The molecule has 1 amide bonds. The average molecular weight is 635 g/mol. The molecule has 3 aromatic carbocycles. The molecule has 5 rings (SSSR count). The number of para-hydroxylation sites is 1. The molecule has 1 N–H and O–H groups in total. The number of nitrogens with zero attached hydrogens (tertiary/aromatic N) is 2. The number of methoxy groups -OCH3 is 2. The van der Waals surface area contributed by atoms with Gasteiger partial charge >= 0.3 is 0 Å². The minimum absolute atomic E-state index is 0.253. The van der Waals surface area contributed by atoms with Crippen molar-refractivity contribution in [1.82, 2.24) is 4.57 Å². The Kier molecular flexibility index (Phi) is 8.41. The molecule has 1 aliphatic rings. The third kappa shape index (κ3) is 5.71. The fraction of sp³-hybridized carbons (Fsp3) is 0.194. The minimum atomic E-state index is -0.690. The van der Waals surface area contributed by atoms with Gasteiger partial charge in [-0.1, -0.05) is 41.7 Å². The molecule has 4 aromatic rings. The van der Waals surface area contributed by atoms with Crippen LogP contribution in [0.4, 0.5) is 5.69 Å². The van der Waals surface area contributed by atoms with Gasteiger partial charge in [-0.25, -0.2) is 4.99 Å². The van der Waals surface area contributed by atoms with Gasteiger partial charge in [-0.3, -0.25) is 14.2 Å². The molecule has 0 saturated heterocycles. The number of carbonyl (C=O) groups is 1. The number of hydrogen-bond donors (Lipinski definition) is 1. The second-order valence-corrected chi connectivity index (χ2v) is 11.0. The molecule has 1 atom stereocenters. The van der Waals surface area contributed by atoms with Crippen molar-refractivity contribution in [2.24, 2.45) is 4.99 Å². The Morgan fingerprint density at radius 2 is 1.83 bits per heavy atom. The van der Waals surface area contributed by atoms with Gasteiger partial charge in [-0.2, -0.15) is 0 Å². The third-order valence-electron chi connectivity index (χ3n) is 6.56. The normalized spacial score (nSPS) is 14.8. The summed E-state index contributed by atoms with van der Waals surface area (Å²) in [6, 6.07) is 19.6. The Morgan fingerprint density at radius 1 is 1.10 bits per heavy atom. The average Bonchev–Trinajstić information content (AvgIpc) is 3.26. The van der Waals surface area contributed by atoms with E-state index in [4.69, 9.17) is 19.2 Å². The summed E-state index contributed by atoms with van der Waals surface area (Å²) in [5, 5.41) is 2.96. The summed E-state index contributed by atoms with van der Waals surface area (Å²) < 4.78 is 19.3. The maximum Gasteiger partial charge on any atom is 0.271 e. The van der Waals surface area contributed by atoms with Gasteiger partial charge < -0.3 is 19.5 Å². The van der Waals surface area contributed by atoms with E-state index in [1.54, 1.807) is 31.8 Å². The second-order valence-electron chi connectivity index (χ2n) is 9.14. The van der Waals surface area contributed by atoms with Crippen LogP contribution in [-0.4, -0.2) is 31.3 Å². The highest BCUT2D eigenvalue weighted by atomic mass is 79.9. The third-order valence-corrected chi connectivity index (χ3v) is 8.14. The quantitative estimate of drug-likeness (QED) is 0.293. The Morgan fingerprint density at radius 3 is 2.49 bits per heavy atom. The number of halogens is 1. The second kappa shape index (κ2) is 12.2. The molecule has 0 bridgehead atoms. The van der Waals surface area contributed by atoms with Crippen molar-refractivity contribution in [2.75, 3.05) is 26.1 Å². The van der Waals surface area contributed by atoms with Crippen molar-refractivity contribution in [2.45, 2.75) is 19.9 Å². The topological polar surface area (TPSA) is 91.2 Å². The Labute approximate surface area is 249 Å². The Hall–Kier alpha value is -4.15. The summed E-state index contributed by atoms with van der Waals surface area (Å²) in [4.78, 5) is 32.9. The predicted molar refractivity (Wildman–Crippen MR) is 164 cm³/mol. The molecule has 41 heavy (non-hydrogen) atoms. The number of anilines is 1. The largest absolute Gasteiger partial charge is 0.497 e. The molecule has 0 spiro atoms. The fourth-order valence-corrected chi connectivity index (χ4v) is 6.39. The molecule has 2 heterocycles. The van der Waals surface area contributed by atoms with Crippen LogP contribution in [0, 0.1) is 0 Å². The fourth-order valence-electron chi connectivity index (χ4n) is 4.72. The first-order valence-corrected chi connectivity index (χ1v) is 14.5. The smallest absolute Gasteiger partial charge is 0.271 e. The van der Waals surface area contributed by atoms with Gasteiger partial charge in [0.05, 0.1) is 47.1 Å². The van der Waals surface area contributed by atoms with Crippen LogP contribution in [0.5, 0.6) is 17.2 Å². The molecule has 0 saturated carbocycles. The number of hydrogen-bond acceptors (Lipinski definition) is 7. The van der Waals surface area contributed by atoms with Gasteiger partial charge in [0.15, 0.2) is 16.3 Å². The maximum atomic E-state index is 14.0. The maximum absolute atomic E-state index is 14.0. The monoisotopic (exact) mass is 633 g/mol. The van der Waals surface area contributed by atoms with Crippen molar-refractivity contribution in [3.05, 3.63) is 113 Å². The van der Waals surface area contributed by atoms with E-state index in [1.807, 2.05) is 73.7 Å². The van der Waals surface area contributed by atoms with Gasteiger partial charge in [0, 0.05) is 5.69 Å². The van der Waals surface area contributed by atoms with Gasteiger partial charge in [0.2, 0.25) is 0 Å². The molecule has 1 aliphatic heterocycles. The van der Waals surface area contributed by atoms with E-state index in [-0.39, 0.29) is 11.5 Å². The Balaban J connectivity index is 1.66. The first-order chi connectivity index (χ1) is 19.8. The molecule has 210 valence electrons. The van der Waals surface area contributed by atoms with Crippen LogP contribution >= 0.6 is 27.3 Å². The molecular formula is C31H28BrN3O5S. The lowest BCUT2D eigenvalue weighted by Crippen LogP contribution is -2.40. The zero-order valence-corrected chi connectivity index (χ0v) is 25.3. The summed E-state index contributed by atoms with van der Waals surface area (Å²) in [6.07, 6.45) is 1.80. The lowest BCUT2D eigenvalue weighted by molar-refractivity contribution is -0.113. The molecule has 0 aliphatic carbocycles. The summed E-state index contributed by atoms with van der Waals surface area (Å²) in [5.74, 6) is 1.49. The van der Waals surface area contributed by atoms with E-state index < -0.39 is 6.04 Å². The first-order valence-electron chi connectivity index (χ1n) is 12.9. The van der Waals surface area contributed by atoms with E-state index in [9.17, 15) is 9.59 Å². The number of allylic oxidation sites excluding steroid dienone is 1. The van der Waals surface area contributed by atoms with Gasteiger partial charge in [0.25, 0.3) is 11.5 Å². The van der Waals surface area contributed by atoms with Crippen molar-refractivity contribution in [3.63, 3.8) is 0 Å². The molecule has 1 aromatic heterocycles. The molecular weight excluding hydrogens is 606 g/mol. The van der Waals surface area contributed by atoms with Crippen LogP contribution in [0.25, 0.3) is 6.08 Å². The number of rotatable bonds is 8. The highest BCUT2D eigenvalue weighted by Gasteiger charge is 2.32. The van der Waals surface area contributed by atoms with E-state index in [1.165, 1.54) is 11.3 Å². The number of nitrogens with one attached hydrogen (secondary N) is 1. The number of benzene rings is 3. The van der Waals surface area contributed by atoms with Crippen molar-refractivity contribution in [1.29, 1.82) is 0 Å². The van der Waals surface area contributed by atoms with E-state index in [0.29, 0.717) is 54.6 Å². The molecule has 0 unspecified atom stereocenters. The van der Waals surface area contributed by atoms with Crippen LogP contribution in [-0.2, 0) is 4.79 Å². The van der Waals surface area contributed by atoms with Gasteiger partial charge in [-0.05, 0) is 83.4 Å². The van der Waals surface area contributed by atoms with Crippen LogP contribution in [0.3, 0.4) is 0 Å². The molecule has 10 heteroatoms. The summed E-state index contributed by atoms with van der Waals surface area (Å²) in [5.41, 5.74) is 2.85. The van der Waals surface area contributed by atoms with E-state index >= 15 is 0 Å². The molecule has 8 nitrogen and oxygen atoms in total. The van der Waals surface area contributed by atoms with E-state index in [2.05, 4.69) is 21.2 Å². The number of ether oxygens (including phenoxy) is 3. The highest BCUT2D eigenvalue weighted by molar-refractivity contribution is 9.10. The highest BCUT2D eigenvalue weighted by Crippen LogP contribution is 2.37. The molecule has 0 radical (unpaired) electrons. The number of fused-ring (bicyclic) bond motifs is 1. The van der Waals surface area contributed by atoms with Crippen molar-refractivity contribution < 1.29 is 19.0 Å². The predicted octanol–water partition coefficient (Wildman–Crippen LogP) is 5.05. The van der Waals surface area contributed by atoms with Crippen LogP contribution < -0.4 is 34.4 Å². The van der Waals surface area contributed by atoms with Crippen LogP contribution in [0.1, 0.15) is 31.0 Å². The summed E-state index contributed by atoms with van der Waals surface area (Å²) >= 11 is 4.81.